The number of amides is 1. The lowest BCUT2D eigenvalue weighted by Crippen LogP contribution is -2.31. The number of esters is 1. The minimum Gasteiger partial charge on any atom is -0.482 e. The van der Waals surface area contributed by atoms with Crippen LogP contribution in [0.2, 0.25) is 0 Å². The second-order valence-corrected chi connectivity index (χ2v) is 6.43. The molecular formula is C21H23NO4. The Labute approximate surface area is 153 Å². The summed E-state index contributed by atoms with van der Waals surface area (Å²) in [6.45, 7) is 1.36. The van der Waals surface area contributed by atoms with E-state index in [1.54, 1.807) is 0 Å². The highest BCUT2D eigenvalue weighted by atomic mass is 16.6. The molecule has 2 aromatic carbocycles. The summed E-state index contributed by atoms with van der Waals surface area (Å²) in [5.41, 5.74) is 3.63. The van der Waals surface area contributed by atoms with Crippen LogP contribution in [-0.4, -0.2) is 25.1 Å². The van der Waals surface area contributed by atoms with E-state index in [0.717, 1.165) is 24.8 Å². The minimum absolute atomic E-state index is 0.148. The molecule has 1 aliphatic carbocycles. The number of hydrogen-bond donors (Lipinski definition) is 1. The molecular weight excluding hydrogens is 330 g/mol. The maximum absolute atomic E-state index is 11.9. The van der Waals surface area contributed by atoms with Gasteiger partial charge in [-0.25, -0.2) is 4.79 Å². The lowest BCUT2D eigenvalue weighted by molar-refractivity contribution is -0.150. The lowest BCUT2D eigenvalue weighted by Gasteiger charge is -2.14. The number of hydrogen-bond acceptors (Lipinski definition) is 4. The number of aryl methyl sites for hydroxylation is 2. The number of benzene rings is 2. The molecule has 0 saturated heterocycles. The third-order valence-electron chi connectivity index (χ3n) is 4.47. The van der Waals surface area contributed by atoms with Crippen LogP contribution in [0.3, 0.4) is 0 Å². The highest BCUT2D eigenvalue weighted by Crippen LogP contribution is 2.25. The van der Waals surface area contributed by atoms with Crippen molar-refractivity contribution in [1.29, 1.82) is 0 Å². The molecule has 0 bridgehead atoms. The molecule has 0 spiro atoms. The number of carbonyl (C=O) groups is 2. The van der Waals surface area contributed by atoms with E-state index in [2.05, 4.69) is 5.32 Å². The summed E-state index contributed by atoms with van der Waals surface area (Å²) in [4.78, 5) is 23.7. The van der Waals surface area contributed by atoms with E-state index >= 15 is 0 Å². The third kappa shape index (κ3) is 4.85. The zero-order valence-corrected chi connectivity index (χ0v) is 14.9. The van der Waals surface area contributed by atoms with Crippen LogP contribution in [-0.2, 0) is 27.2 Å². The van der Waals surface area contributed by atoms with Crippen molar-refractivity contribution in [3.63, 3.8) is 0 Å². The molecule has 1 N–H and O–H groups in total. The van der Waals surface area contributed by atoms with Gasteiger partial charge in [-0.3, -0.25) is 4.79 Å². The van der Waals surface area contributed by atoms with Gasteiger partial charge >= 0.3 is 5.97 Å². The Kier molecular flexibility index (Phi) is 5.89. The average Bonchev–Trinajstić information content (AvgIpc) is 3.13. The van der Waals surface area contributed by atoms with Crippen molar-refractivity contribution in [2.45, 2.75) is 32.2 Å². The van der Waals surface area contributed by atoms with E-state index in [1.165, 1.54) is 11.1 Å². The largest absolute Gasteiger partial charge is 0.482 e. The van der Waals surface area contributed by atoms with Gasteiger partial charge in [-0.1, -0.05) is 36.4 Å². The van der Waals surface area contributed by atoms with Gasteiger partial charge < -0.3 is 14.8 Å². The fourth-order valence-electron chi connectivity index (χ4n) is 3.08. The monoisotopic (exact) mass is 353 g/mol. The van der Waals surface area contributed by atoms with Crippen LogP contribution in [0.4, 0.5) is 0 Å². The van der Waals surface area contributed by atoms with Gasteiger partial charge in [0.2, 0.25) is 0 Å². The number of rotatable bonds is 7. The molecule has 26 heavy (non-hydrogen) atoms. The van der Waals surface area contributed by atoms with E-state index in [4.69, 9.17) is 9.47 Å². The second kappa shape index (κ2) is 8.52. The molecule has 2 aromatic rings. The molecule has 0 aliphatic heterocycles. The summed E-state index contributed by atoms with van der Waals surface area (Å²) in [6.07, 6.45) is 3.32. The number of carbonyl (C=O) groups excluding carboxylic acids is 2. The Morgan fingerprint density at radius 1 is 1.04 bits per heavy atom. The first-order valence-corrected chi connectivity index (χ1v) is 8.86. The molecule has 0 heterocycles. The first kappa shape index (κ1) is 18.0. The highest BCUT2D eigenvalue weighted by Gasteiger charge is 2.14. The predicted molar refractivity (Wildman–Crippen MR) is 97.9 cm³/mol. The van der Waals surface area contributed by atoms with Crippen molar-refractivity contribution >= 4 is 11.9 Å². The van der Waals surface area contributed by atoms with Crippen LogP contribution in [0.25, 0.3) is 0 Å². The molecule has 1 aliphatic rings. The molecule has 1 amide bonds. The van der Waals surface area contributed by atoms with Crippen molar-refractivity contribution in [1.82, 2.24) is 5.32 Å². The summed E-state index contributed by atoms with van der Waals surface area (Å²) in [6, 6.07) is 15.3. The van der Waals surface area contributed by atoms with Gasteiger partial charge in [-0.05, 0) is 55.0 Å². The Hall–Kier alpha value is -2.82. The average molecular weight is 353 g/mol. The van der Waals surface area contributed by atoms with E-state index in [-0.39, 0.29) is 25.2 Å². The topological polar surface area (TPSA) is 64.6 Å². The van der Waals surface area contributed by atoms with Crippen LogP contribution in [0, 0.1) is 0 Å². The smallest absolute Gasteiger partial charge is 0.344 e. The SMILES string of the molecule is CC(NC(=O)COC(=O)COc1ccc2c(c1)CCC2)c1ccccc1. The van der Waals surface area contributed by atoms with Gasteiger partial charge in [-0.15, -0.1) is 0 Å². The van der Waals surface area contributed by atoms with Crippen molar-refractivity contribution in [2.24, 2.45) is 0 Å². The maximum Gasteiger partial charge on any atom is 0.344 e. The standard InChI is InChI=1S/C21H23NO4/c1-15(16-6-3-2-4-7-16)22-20(23)13-26-21(24)14-25-19-11-10-17-8-5-9-18(17)12-19/h2-4,6-7,10-12,15H,5,8-9,13-14H2,1H3,(H,22,23). The maximum atomic E-state index is 11.9. The van der Waals surface area contributed by atoms with E-state index < -0.39 is 5.97 Å². The Bertz CT molecular complexity index is 773. The minimum atomic E-state index is -0.562. The van der Waals surface area contributed by atoms with Gasteiger partial charge in [0.25, 0.3) is 5.91 Å². The summed E-state index contributed by atoms with van der Waals surface area (Å²) in [7, 11) is 0. The van der Waals surface area contributed by atoms with Gasteiger partial charge in [0.05, 0.1) is 6.04 Å². The van der Waals surface area contributed by atoms with Gasteiger partial charge in [-0.2, -0.15) is 0 Å². The van der Waals surface area contributed by atoms with Crippen molar-refractivity contribution in [3.8, 4) is 5.75 Å². The Morgan fingerprint density at radius 2 is 1.81 bits per heavy atom. The number of ether oxygens (including phenoxy) is 2. The summed E-state index contributed by atoms with van der Waals surface area (Å²) < 4.78 is 10.4. The molecule has 5 heteroatoms. The van der Waals surface area contributed by atoms with Gasteiger partial charge in [0, 0.05) is 0 Å². The molecule has 0 aromatic heterocycles. The molecule has 136 valence electrons. The lowest BCUT2D eigenvalue weighted by atomic mass is 10.1. The highest BCUT2D eigenvalue weighted by molar-refractivity contribution is 5.81. The second-order valence-electron chi connectivity index (χ2n) is 6.43. The first-order chi connectivity index (χ1) is 12.6. The normalized spacial score (nSPS) is 13.6. The van der Waals surface area contributed by atoms with Gasteiger partial charge in [0.15, 0.2) is 13.2 Å². The van der Waals surface area contributed by atoms with E-state index in [0.29, 0.717) is 5.75 Å². The van der Waals surface area contributed by atoms with Crippen LogP contribution < -0.4 is 10.1 Å². The first-order valence-electron chi connectivity index (χ1n) is 8.86. The fourth-order valence-corrected chi connectivity index (χ4v) is 3.08. The fraction of sp³-hybridized carbons (Fsp3) is 0.333. The van der Waals surface area contributed by atoms with Crippen LogP contribution in [0.15, 0.2) is 48.5 Å². The quantitative estimate of drug-likeness (QED) is 0.777. The van der Waals surface area contributed by atoms with Crippen molar-refractivity contribution in [2.75, 3.05) is 13.2 Å². The predicted octanol–water partition coefficient (Wildman–Crippen LogP) is 2.97. The van der Waals surface area contributed by atoms with Crippen molar-refractivity contribution < 1.29 is 19.1 Å². The molecule has 1 unspecified atom stereocenters. The summed E-state index contributed by atoms with van der Waals surface area (Å²) in [5.74, 6) is -0.245. The number of fused-ring (bicyclic) bond motifs is 1. The summed E-state index contributed by atoms with van der Waals surface area (Å²) >= 11 is 0. The molecule has 1 atom stereocenters. The van der Waals surface area contributed by atoms with Crippen LogP contribution >= 0.6 is 0 Å². The molecule has 0 saturated carbocycles. The van der Waals surface area contributed by atoms with Crippen LogP contribution in [0.1, 0.15) is 36.1 Å². The van der Waals surface area contributed by atoms with E-state index in [9.17, 15) is 9.59 Å². The van der Waals surface area contributed by atoms with Crippen molar-refractivity contribution in [3.05, 3.63) is 65.2 Å². The van der Waals surface area contributed by atoms with Gasteiger partial charge in [0.1, 0.15) is 5.75 Å². The third-order valence-corrected chi connectivity index (χ3v) is 4.47. The Morgan fingerprint density at radius 3 is 2.62 bits per heavy atom. The molecule has 0 fully saturated rings. The summed E-state index contributed by atoms with van der Waals surface area (Å²) in [5, 5.41) is 2.80. The zero-order valence-electron chi connectivity index (χ0n) is 14.9. The molecule has 0 radical (unpaired) electrons. The zero-order chi connectivity index (χ0) is 18.4. The van der Waals surface area contributed by atoms with Crippen LogP contribution in [0.5, 0.6) is 5.75 Å². The molecule has 5 nitrogen and oxygen atoms in total. The Balaban J connectivity index is 1.39. The number of nitrogens with one attached hydrogen (secondary N) is 1. The van der Waals surface area contributed by atoms with E-state index in [1.807, 2.05) is 55.5 Å². The molecule has 3 rings (SSSR count).